The van der Waals surface area contributed by atoms with Crippen molar-refractivity contribution in [2.24, 2.45) is 0 Å². The number of aliphatic hydroxyl groups is 3. The van der Waals surface area contributed by atoms with E-state index in [1.165, 1.54) is 6.20 Å². The molecule has 1 aliphatic rings. The molecular weight excluding hydrogens is 374 g/mol. The molecule has 0 aromatic carbocycles. The van der Waals surface area contributed by atoms with Crippen molar-refractivity contribution in [3.8, 4) is 0 Å². The van der Waals surface area contributed by atoms with Gasteiger partial charge in [-0.3, -0.25) is 13.9 Å². The van der Waals surface area contributed by atoms with Crippen LogP contribution in [0.1, 0.15) is 33.4 Å². The molecule has 0 saturated carbocycles. The topological polar surface area (TPSA) is 152 Å². The van der Waals surface area contributed by atoms with Crippen LogP contribution in [0.3, 0.4) is 0 Å². The van der Waals surface area contributed by atoms with E-state index < -0.39 is 54.1 Å². The van der Waals surface area contributed by atoms with Crippen molar-refractivity contribution in [1.29, 1.82) is 0 Å². The van der Waals surface area contributed by atoms with Crippen molar-refractivity contribution in [1.82, 2.24) is 14.5 Å². The lowest BCUT2D eigenvalue weighted by Gasteiger charge is -2.20. The number of nitrogens with zero attached hydrogens (tertiary/aromatic N) is 2. The number of hydrogen-bond acceptors (Lipinski definition) is 8. The van der Waals surface area contributed by atoms with Crippen LogP contribution in [0, 0.1) is 0 Å². The average molecular weight is 401 g/mol. The molecule has 1 aliphatic heterocycles. The van der Waals surface area contributed by atoms with Crippen LogP contribution in [0.25, 0.3) is 0 Å². The quantitative estimate of drug-likeness (QED) is 0.422. The van der Waals surface area contributed by atoms with Crippen molar-refractivity contribution in [2.45, 2.75) is 63.9 Å². The molecule has 1 fully saturated rings. The predicted octanol–water partition coefficient (Wildman–Crippen LogP) is -1.46. The third-order valence-corrected chi connectivity index (χ3v) is 4.11. The van der Waals surface area contributed by atoms with E-state index in [2.05, 4.69) is 5.32 Å². The van der Waals surface area contributed by atoms with E-state index in [0.29, 0.717) is 0 Å². The molecule has 1 amide bonds. The summed E-state index contributed by atoms with van der Waals surface area (Å²) < 4.78 is 12.3. The van der Waals surface area contributed by atoms with Gasteiger partial charge in [-0.1, -0.05) is 0 Å². The minimum atomic E-state index is -1.44. The molecule has 1 aromatic heterocycles. The highest BCUT2D eigenvalue weighted by Crippen LogP contribution is 2.27. The smallest absolute Gasteiger partial charge is 0.407 e. The molecule has 0 radical (unpaired) electrons. The van der Waals surface area contributed by atoms with Crippen molar-refractivity contribution in [3.63, 3.8) is 0 Å². The van der Waals surface area contributed by atoms with Gasteiger partial charge in [0.15, 0.2) is 6.23 Å². The number of aromatic nitrogens is 2. The number of alkyl carbamates (subject to hydrolysis) is 1. The first-order valence-electron chi connectivity index (χ1n) is 8.96. The van der Waals surface area contributed by atoms with Crippen LogP contribution in [0.4, 0.5) is 4.79 Å². The van der Waals surface area contributed by atoms with Gasteiger partial charge in [0, 0.05) is 25.4 Å². The first-order chi connectivity index (χ1) is 13.0. The van der Waals surface area contributed by atoms with Gasteiger partial charge in [0.25, 0.3) is 5.56 Å². The van der Waals surface area contributed by atoms with Gasteiger partial charge in [-0.05, 0) is 27.2 Å². The monoisotopic (exact) mass is 401 g/mol. The Balaban J connectivity index is 2.05. The number of nitrogens with one attached hydrogen (secondary N) is 1. The first-order valence-corrected chi connectivity index (χ1v) is 8.96. The molecule has 0 bridgehead atoms. The zero-order valence-electron chi connectivity index (χ0n) is 16.1. The van der Waals surface area contributed by atoms with Crippen molar-refractivity contribution in [3.05, 3.63) is 33.1 Å². The molecule has 158 valence electrons. The van der Waals surface area contributed by atoms with E-state index in [4.69, 9.17) is 14.6 Å². The number of amides is 1. The normalized spacial score (nSPS) is 24.9. The van der Waals surface area contributed by atoms with Gasteiger partial charge < -0.3 is 30.1 Å². The van der Waals surface area contributed by atoms with E-state index in [9.17, 15) is 24.6 Å². The second kappa shape index (κ2) is 8.86. The molecule has 1 aromatic rings. The van der Waals surface area contributed by atoms with Gasteiger partial charge in [-0.2, -0.15) is 0 Å². The van der Waals surface area contributed by atoms with Crippen LogP contribution in [-0.4, -0.2) is 67.6 Å². The minimum Gasteiger partial charge on any atom is -0.444 e. The Hall–Kier alpha value is -2.21. The predicted molar refractivity (Wildman–Crippen MR) is 96.8 cm³/mol. The van der Waals surface area contributed by atoms with E-state index in [-0.39, 0.29) is 19.5 Å². The SMILES string of the molecule is CC(C)(C)OC(=O)NCCCn1c(=O)ccn([C@@H]2O[C@H](CO)[C@@H](O)[C@H]2O)c1=O. The maximum atomic E-state index is 12.6. The highest BCUT2D eigenvalue weighted by atomic mass is 16.6. The number of carbonyl (C=O) groups is 1. The number of hydrogen-bond donors (Lipinski definition) is 4. The lowest BCUT2D eigenvalue weighted by molar-refractivity contribution is -0.0556. The van der Waals surface area contributed by atoms with E-state index in [1.54, 1.807) is 20.8 Å². The fraction of sp³-hybridized carbons (Fsp3) is 0.706. The van der Waals surface area contributed by atoms with Gasteiger partial charge in [0.1, 0.15) is 23.9 Å². The Morgan fingerprint density at radius 3 is 2.54 bits per heavy atom. The summed E-state index contributed by atoms with van der Waals surface area (Å²) in [6, 6.07) is 1.14. The summed E-state index contributed by atoms with van der Waals surface area (Å²) in [6.07, 6.45) is -4.21. The fourth-order valence-corrected chi connectivity index (χ4v) is 2.78. The van der Waals surface area contributed by atoms with Crippen molar-refractivity contribution in [2.75, 3.05) is 13.2 Å². The zero-order valence-corrected chi connectivity index (χ0v) is 16.1. The molecule has 1 saturated heterocycles. The summed E-state index contributed by atoms with van der Waals surface area (Å²) in [6.45, 7) is 4.87. The van der Waals surface area contributed by atoms with Crippen LogP contribution in [0.5, 0.6) is 0 Å². The number of aliphatic hydroxyl groups excluding tert-OH is 3. The van der Waals surface area contributed by atoms with E-state index in [0.717, 1.165) is 15.2 Å². The Morgan fingerprint density at radius 1 is 1.29 bits per heavy atom. The lowest BCUT2D eigenvalue weighted by atomic mass is 10.1. The summed E-state index contributed by atoms with van der Waals surface area (Å²) in [5, 5.41) is 31.6. The van der Waals surface area contributed by atoms with Gasteiger partial charge in [-0.25, -0.2) is 9.59 Å². The van der Waals surface area contributed by atoms with Gasteiger partial charge in [0.05, 0.1) is 6.61 Å². The van der Waals surface area contributed by atoms with Crippen LogP contribution >= 0.6 is 0 Å². The molecule has 2 rings (SSSR count). The third-order valence-electron chi connectivity index (χ3n) is 4.11. The van der Waals surface area contributed by atoms with E-state index >= 15 is 0 Å². The van der Waals surface area contributed by atoms with E-state index in [1.807, 2.05) is 0 Å². The second-order valence-corrected chi connectivity index (χ2v) is 7.51. The molecule has 0 unspecified atom stereocenters. The summed E-state index contributed by atoms with van der Waals surface area (Å²) in [5.41, 5.74) is -1.92. The van der Waals surface area contributed by atoms with Gasteiger partial charge in [0.2, 0.25) is 0 Å². The summed E-state index contributed by atoms with van der Waals surface area (Å²) in [4.78, 5) is 36.3. The molecule has 4 N–H and O–H groups in total. The fourth-order valence-electron chi connectivity index (χ4n) is 2.78. The number of rotatable bonds is 6. The first kappa shape index (κ1) is 22.1. The van der Waals surface area contributed by atoms with Crippen LogP contribution in [0.2, 0.25) is 0 Å². The highest BCUT2D eigenvalue weighted by Gasteiger charge is 2.43. The summed E-state index contributed by atoms with van der Waals surface area (Å²) in [7, 11) is 0. The van der Waals surface area contributed by atoms with Crippen LogP contribution in [0.15, 0.2) is 21.9 Å². The van der Waals surface area contributed by atoms with Crippen LogP contribution in [-0.2, 0) is 16.0 Å². The van der Waals surface area contributed by atoms with Crippen molar-refractivity contribution >= 4 is 6.09 Å². The Bertz CT molecular complexity index is 797. The standard InChI is InChI=1S/C17H27N3O8/c1-17(2,3)28-15(25)18-6-4-7-19-11(22)5-8-20(16(19)26)14-13(24)12(23)10(9-21)27-14/h5,8,10,12-14,21,23-24H,4,6-7,9H2,1-3H3,(H,18,25)/t10-,12-,13-,14-/m1/s1. The molecule has 2 heterocycles. The molecular formula is C17H27N3O8. The molecule has 0 spiro atoms. The Kier molecular flexibility index (Phi) is 6.99. The third kappa shape index (κ3) is 5.19. The lowest BCUT2D eigenvalue weighted by Crippen LogP contribution is -2.43. The number of ether oxygens (including phenoxy) is 2. The Morgan fingerprint density at radius 2 is 1.96 bits per heavy atom. The Labute approximate surface area is 161 Å². The molecule has 4 atom stereocenters. The molecule has 0 aliphatic carbocycles. The largest absolute Gasteiger partial charge is 0.444 e. The van der Waals surface area contributed by atoms with Gasteiger partial charge >= 0.3 is 11.8 Å². The van der Waals surface area contributed by atoms with Crippen LogP contribution < -0.4 is 16.6 Å². The zero-order chi connectivity index (χ0) is 21.1. The molecule has 11 heteroatoms. The summed E-state index contributed by atoms with van der Waals surface area (Å²) in [5.74, 6) is 0. The molecule has 11 nitrogen and oxygen atoms in total. The average Bonchev–Trinajstić information content (AvgIpc) is 2.87. The van der Waals surface area contributed by atoms with Gasteiger partial charge in [-0.15, -0.1) is 0 Å². The maximum absolute atomic E-state index is 12.6. The number of carbonyl (C=O) groups excluding carboxylic acids is 1. The maximum Gasteiger partial charge on any atom is 0.407 e. The minimum absolute atomic E-state index is 0.0170. The summed E-state index contributed by atoms with van der Waals surface area (Å²) >= 11 is 0. The van der Waals surface area contributed by atoms with Crippen molar-refractivity contribution < 1.29 is 29.6 Å². The highest BCUT2D eigenvalue weighted by molar-refractivity contribution is 5.67. The second-order valence-electron chi connectivity index (χ2n) is 7.51. The molecule has 28 heavy (non-hydrogen) atoms.